The molecule has 1 amide bonds. The van der Waals surface area contributed by atoms with Gasteiger partial charge in [0.15, 0.2) is 6.73 Å². The van der Waals surface area contributed by atoms with Crippen LogP contribution in [0.1, 0.15) is 67.2 Å². The van der Waals surface area contributed by atoms with Gasteiger partial charge in [-0.15, -0.1) is 13.2 Å². The molecule has 1 aliphatic carbocycles. The standard InChI is InChI=1S/C26H31F3N2O4/c1-25(2,3)20-11-13-21(14-12-20)31(17-34-24(33)19-7-5-4-6-8-19)30-23(32)18-9-15-22(16-10-18)35-26(27,28)29/h4-10,15-16,20-21H,11-14,17H2,1-3H3,(H,30,32). The van der Waals surface area contributed by atoms with Crippen LogP contribution in [0.25, 0.3) is 0 Å². The molecular weight excluding hydrogens is 461 g/mol. The Morgan fingerprint density at radius 1 is 0.914 bits per heavy atom. The highest BCUT2D eigenvalue weighted by molar-refractivity contribution is 5.94. The molecule has 2 aromatic rings. The third kappa shape index (κ3) is 7.99. The van der Waals surface area contributed by atoms with Crippen molar-refractivity contribution in [3.8, 4) is 5.75 Å². The molecule has 6 nitrogen and oxygen atoms in total. The minimum atomic E-state index is -4.81. The summed E-state index contributed by atoms with van der Waals surface area (Å²) >= 11 is 0. The summed E-state index contributed by atoms with van der Waals surface area (Å²) in [6.07, 6.45) is -1.25. The maximum atomic E-state index is 12.9. The molecule has 0 aromatic heterocycles. The van der Waals surface area contributed by atoms with E-state index < -0.39 is 24.0 Å². The number of carbonyl (C=O) groups excluding carboxylic acids is 2. The number of nitrogens with zero attached hydrogens (tertiary/aromatic N) is 1. The number of hydrazine groups is 1. The van der Waals surface area contributed by atoms with Crippen LogP contribution in [0, 0.1) is 11.3 Å². The van der Waals surface area contributed by atoms with Crippen molar-refractivity contribution in [1.82, 2.24) is 10.4 Å². The molecule has 0 unspecified atom stereocenters. The zero-order chi connectivity index (χ0) is 25.6. The first-order valence-corrected chi connectivity index (χ1v) is 11.6. The molecule has 0 bridgehead atoms. The van der Waals surface area contributed by atoms with Crippen molar-refractivity contribution in [2.75, 3.05) is 6.73 Å². The van der Waals surface area contributed by atoms with Gasteiger partial charge in [-0.3, -0.25) is 10.2 Å². The van der Waals surface area contributed by atoms with Crippen molar-refractivity contribution in [3.05, 3.63) is 65.7 Å². The second-order valence-electron chi connectivity index (χ2n) is 9.78. The fourth-order valence-corrected chi connectivity index (χ4v) is 4.27. The number of rotatable bonds is 7. The fourth-order valence-electron chi connectivity index (χ4n) is 4.27. The Morgan fingerprint density at radius 2 is 1.51 bits per heavy atom. The second kappa shape index (κ2) is 11.1. The molecule has 1 aliphatic rings. The Kier molecular flexibility index (Phi) is 8.43. The van der Waals surface area contributed by atoms with E-state index in [4.69, 9.17) is 4.74 Å². The Bertz CT molecular complexity index is 980. The number of nitrogens with one attached hydrogen (secondary N) is 1. The second-order valence-corrected chi connectivity index (χ2v) is 9.78. The molecule has 1 N–H and O–H groups in total. The monoisotopic (exact) mass is 492 g/mol. The van der Waals surface area contributed by atoms with Crippen LogP contribution >= 0.6 is 0 Å². The molecule has 0 spiro atoms. The number of hydrogen-bond acceptors (Lipinski definition) is 5. The van der Waals surface area contributed by atoms with Gasteiger partial charge in [0.1, 0.15) is 5.75 Å². The van der Waals surface area contributed by atoms with Gasteiger partial charge in [-0.05, 0) is 73.4 Å². The van der Waals surface area contributed by atoms with Crippen LogP contribution in [0.3, 0.4) is 0 Å². The molecule has 9 heteroatoms. The predicted molar refractivity (Wildman–Crippen MR) is 124 cm³/mol. The lowest BCUT2D eigenvalue weighted by Gasteiger charge is -2.40. The van der Waals surface area contributed by atoms with E-state index >= 15 is 0 Å². The van der Waals surface area contributed by atoms with Crippen molar-refractivity contribution in [3.63, 3.8) is 0 Å². The summed E-state index contributed by atoms with van der Waals surface area (Å²) in [6, 6.07) is 13.2. The first-order valence-electron chi connectivity index (χ1n) is 11.6. The first kappa shape index (κ1) is 26.5. The van der Waals surface area contributed by atoms with Crippen LogP contribution in [0.5, 0.6) is 5.75 Å². The maximum Gasteiger partial charge on any atom is 0.573 e. The van der Waals surface area contributed by atoms with Crippen molar-refractivity contribution in [2.24, 2.45) is 11.3 Å². The lowest BCUT2D eigenvalue weighted by molar-refractivity contribution is -0.274. The van der Waals surface area contributed by atoms with Gasteiger partial charge in [-0.2, -0.15) is 5.01 Å². The van der Waals surface area contributed by atoms with Crippen molar-refractivity contribution >= 4 is 11.9 Å². The van der Waals surface area contributed by atoms with Gasteiger partial charge in [-0.25, -0.2) is 4.79 Å². The molecule has 0 aliphatic heterocycles. The van der Waals surface area contributed by atoms with Crippen LogP contribution in [-0.4, -0.2) is 36.0 Å². The third-order valence-electron chi connectivity index (χ3n) is 6.30. The molecule has 0 atom stereocenters. The quantitative estimate of drug-likeness (QED) is 0.294. The van der Waals surface area contributed by atoms with E-state index in [0.29, 0.717) is 11.5 Å². The van der Waals surface area contributed by atoms with Gasteiger partial charge in [0.2, 0.25) is 0 Å². The van der Waals surface area contributed by atoms with Gasteiger partial charge >= 0.3 is 12.3 Å². The SMILES string of the molecule is CC(C)(C)C1CCC(N(COC(=O)c2ccccc2)NC(=O)c2ccc(OC(F)(F)F)cc2)CC1. The summed E-state index contributed by atoms with van der Waals surface area (Å²) in [5.74, 6) is -0.897. The van der Waals surface area contributed by atoms with Crippen LogP contribution in [-0.2, 0) is 4.74 Å². The molecule has 3 rings (SSSR count). The summed E-state index contributed by atoms with van der Waals surface area (Å²) in [4.78, 5) is 25.3. The van der Waals surface area contributed by atoms with Crippen molar-refractivity contribution < 1.29 is 32.2 Å². The Hall–Kier alpha value is -3.07. The first-order chi connectivity index (χ1) is 16.4. The molecule has 35 heavy (non-hydrogen) atoms. The Morgan fingerprint density at radius 3 is 2.06 bits per heavy atom. The number of hydrogen-bond donors (Lipinski definition) is 1. The minimum absolute atomic E-state index is 0.0473. The van der Waals surface area contributed by atoms with Gasteiger partial charge in [0.05, 0.1) is 5.56 Å². The van der Waals surface area contributed by atoms with Gasteiger partial charge < -0.3 is 9.47 Å². The van der Waals surface area contributed by atoms with Gasteiger partial charge in [0.25, 0.3) is 5.91 Å². The number of esters is 1. The minimum Gasteiger partial charge on any atom is -0.444 e. The normalized spacial score (nSPS) is 18.7. The van der Waals surface area contributed by atoms with Gasteiger partial charge in [-0.1, -0.05) is 39.0 Å². The highest BCUT2D eigenvalue weighted by Gasteiger charge is 2.33. The van der Waals surface area contributed by atoms with Crippen LogP contribution in [0.15, 0.2) is 54.6 Å². The van der Waals surface area contributed by atoms with Gasteiger partial charge in [0, 0.05) is 11.6 Å². The molecule has 190 valence electrons. The van der Waals surface area contributed by atoms with Crippen molar-refractivity contribution in [2.45, 2.75) is 58.9 Å². The average molecular weight is 493 g/mol. The highest BCUT2D eigenvalue weighted by atomic mass is 19.4. The number of alkyl halides is 3. The van der Waals surface area contributed by atoms with E-state index in [-0.39, 0.29) is 23.8 Å². The zero-order valence-electron chi connectivity index (χ0n) is 20.1. The molecule has 1 saturated carbocycles. The average Bonchev–Trinajstić information content (AvgIpc) is 2.81. The summed E-state index contributed by atoms with van der Waals surface area (Å²) in [5, 5.41) is 1.61. The highest BCUT2D eigenvalue weighted by Crippen LogP contribution is 2.38. The Balaban J connectivity index is 1.68. The lowest BCUT2D eigenvalue weighted by atomic mass is 9.71. The molecule has 2 aromatic carbocycles. The Labute approximate surface area is 203 Å². The number of amides is 1. The van der Waals surface area contributed by atoms with E-state index in [0.717, 1.165) is 37.8 Å². The number of benzene rings is 2. The lowest BCUT2D eigenvalue weighted by Crippen LogP contribution is -2.51. The summed E-state index contributed by atoms with van der Waals surface area (Å²) < 4.78 is 46.5. The largest absolute Gasteiger partial charge is 0.573 e. The predicted octanol–water partition coefficient (Wildman–Crippen LogP) is 5.95. The molecule has 0 heterocycles. The van der Waals surface area contributed by atoms with Crippen LogP contribution in [0.2, 0.25) is 0 Å². The van der Waals surface area contributed by atoms with Crippen LogP contribution in [0.4, 0.5) is 13.2 Å². The maximum absolute atomic E-state index is 12.9. The molecule has 0 saturated heterocycles. The number of ether oxygens (including phenoxy) is 2. The fraction of sp³-hybridized carbons (Fsp3) is 0.462. The number of halogens is 3. The zero-order valence-corrected chi connectivity index (χ0v) is 20.1. The van der Waals surface area contributed by atoms with E-state index in [9.17, 15) is 22.8 Å². The van der Waals surface area contributed by atoms with E-state index in [2.05, 4.69) is 30.9 Å². The summed E-state index contributed by atoms with van der Waals surface area (Å²) in [7, 11) is 0. The van der Waals surface area contributed by atoms with Crippen LogP contribution < -0.4 is 10.2 Å². The summed E-state index contributed by atoms with van der Waals surface area (Å²) in [5.41, 5.74) is 3.52. The topological polar surface area (TPSA) is 67.9 Å². The molecule has 1 fully saturated rings. The van der Waals surface area contributed by atoms with E-state index in [1.807, 2.05) is 0 Å². The number of carbonyl (C=O) groups is 2. The van der Waals surface area contributed by atoms with Crippen molar-refractivity contribution in [1.29, 1.82) is 0 Å². The van der Waals surface area contributed by atoms with E-state index in [1.54, 1.807) is 35.3 Å². The summed E-state index contributed by atoms with van der Waals surface area (Å²) in [6.45, 7) is 6.49. The molecule has 0 radical (unpaired) electrons. The van der Waals surface area contributed by atoms with E-state index in [1.165, 1.54) is 12.1 Å². The smallest absolute Gasteiger partial charge is 0.444 e. The third-order valence-corrected chi connectivity index (χ3v) is 6.30. The molecular formula is C26H31F3N2O4.